The van der Waals surface area contributed by atoms with Gasteiger partial charge in [-0.1, -0.05) is 30.3 Å². The molecule has 0 radical (unpaired) electrons. The molecule has 0 saturated carbocycles. The van der Waals surface area contributed by atoms with Gasteiger partial charge in [-0.05, 0) is 114 Å². The Bertz CT molecular complexity index is 3070. The number of carbonyl (C=O) groups is 3. The number of rotatable bonds is 14. The Hall–Kier alpha value is -6.29. The van der Waals surface area contributed by atoms with Gasteiger partial charge in [0.2, 0.25) is 5.95 Å². The van der Waals surface area contributed by atoms with Crippen LogP contribution in [0.5, 0.6) is 5.75 Å². The van der Waals surface area contributed by atoms with Crippen LogP contribution in [0.1, 0.15) is 121 Å². The van der Waals surface area contributed by atoms with Gasteiger partial charge in [0.15, 0.2) is 9.84 Å². The summed E-state index contributed by atoms with van der Waals surface area (Å²) in [5.41, 5.74) is 3.46. The summed E-state index contributed by atoms with van der Waals surface area (Å²) in [6.45, 7) is 32.6. The number of piperazine rings is 3. The van der Waals surface area contributed by atoms with Gasteiger partial charge in [0.25, 0.3) is 5.91 Å². The van der Waals surface area contributed by atoms with Crippen molar-refractivity contribution in [3.63, 3.8) is 0 Å². The van der Waals surface area contributed by atoms with Crippen molar-refractivity contribution >= 4 is 44.8 Å². The highest BCUT2D eigenvalue weighted by atomic mass is 32.2. The minimum Gasteiger partial charge on any atom is -0.492 e. The number of aryl methyl sites for hydroxylation is 1. The summed E-state index contributed by atoms with van der Waals surface area (Å²) in [7, 11) is -3.91. The molecule has 3 aliphatic heterocycles. The zero-order chi connectivity index (χ0) is 57.2. The minimum absolute atomic E-state index is 0.00990. The molecule has 2 aromatic carbocycles. The van der Waals surface area contributed by atoms with Gasteiger partial charge in [-0.25, -0.2) is 37.9 Å². The molecule has 428 valence electrons. The predicted molar refractivity (Wildman–Crippen MR) is 303 cm³/mol. The first-order valence-corrected chi connectivity index (χ1v) is 29.2. The molecule has 0 unspecified atom stereocenters. The van der Waals surface area contributed by atoms with Crippen LogP contribution in [0.15, 0.2) is 66.1 Å². The molecule has 21 heteroatoms. The lowest BCUT2D eigenvalue weighted by Gasteiger charge is -2.48. The van der Waals surface area contributed by atoms with E-state index in [0.717, 1.165) is 44.8 Å². The number of ether oxygens (including phenoxy) is 3. The average molecular weight is 1110 g/mol. The number of sulfone groups is 1. The fourth-order valence-electron chi connectivity index (χ4n) is 10.4. The van der Waals surface area contributed by atoms with Crippen molar-refractivity contribution in [1.82, 2.24) is 54.2 Å². The quantitative estimate of drug-likeness (QED) is 0.0993. The molecule has 0 N–H and O–H groups in total. The number of aromatic nitrogens is 6. The summed E-state index contributed by atoms with van der Waals surface area (Å²) in [5, 5.41) is 4.99. The molecular weight excluding hydrogens is 1020 g/mol. The molecule has 2 amide bonds. The Morgan fingerprint density at radius 3 is 2.06 bits per heavy atom. The van der Waals surface area contributed by atoms with Crippen LogP contribution in [0.4, 0.5) is 15.5 Å². The summed E-state index contributed by atoms with van der Waals surface area (Å²) in [5.74, 6) is 0.701. The number of carbonyl (C=O) groups excluding carboxylic acids is 3. The van der Waals surface area contributed by atoms with E-state index in [1.54, 1.807) is 66.1 Å². The zero-order valence-electron chi connectivity index (χ0n) is 48.7. The molecule has 5 aromatic rings. The molecule has 0 spiro atoms. The van der Waals surface area contributed by atoms with Crippen LogP contribution in [-0.4, -0.2) is 193 Å². The van der Waals surface area contributed by atoms with Gasteiger partial charge in [-0.2, -0.15) is 9.78 Å². The molecule has 3 aliphatic rings. The van der Waals surface area contributed by atoms with Crippen molar-refractivity contribution in [3.05, 3.63) is 95.0 Å². The van der Waals surface area contributed by atoms with Crippen LogP contribution >= 0.6 is 0 Å². The SMILES string of the molecule is Cc1nn(C(=O)OC(C)(C)C)c(Cc2ncnc3cc(OCCCN4CCN(C(=O)c5cnc(N6CCN(C[C@H]7CN(C(=O)OC(C)(C)C)[C@H](C)CN7Cc7ccccc7)[C@H](C)C6)nc5)CC4)c(S(=O)(=O)C(C)(C)C)cc23)c1C. The third kappa shape index (κ3) is 14.2. The van der Waals surface area contributed by atoms with Crippen molar-refractivity contribution in [2.24, 2.45) is 0 Å². The molecule has 3 aromatic heterocycles. The maximum atomic E-state index is 14.2. The molecule has 6 heterocycles. The molecule has 79 heavy (non-hydrogen) atoms. The topological polar surface area (TPSA) is 202 Å². The van der Waals surface area contributed by atoms with Crippen molar-refractivity contribution < 1.29 is 37.0 Å². The number of nitrogens with zero attached hydrogens (tertiary/aromatic N) is 12. The van der Waals surface area contributed by atoms with Gasteiger partial charge in [-0.3, -0.25) is 19.5 Å². The first kappa shape index (κ1) is 58.8. The minimum atomic E-state index is -3.91. The van der Waals surface area contributed by atoms with E-state index < -0.39 is 31.9 Å². The van der Waals surface area contributed by atoms with Gasteiger partial charge >= 0.3 is 12.2 Å². The predicted octanol–water partition coefficient (Wildman–Crippen LogP) is 7.43. The summed E-state index contributed by atoms with van der Waals surface area (Å²) in [6.07, 6.45) is 4.61. The van der Waals surface area contributed by atoms with E-state index in [9.17, 15) is 22.8 Å². The van der Waals surface area contributed by atoms with Crippen LogP contribution in [0.2, 0.25) is 0 Å². The summed E-state index contributed by atoms with van der Waals surface area (Å²) < 4.78 is 46.3. The van der Waals surface area contributed by atoms with E-state index in [1.165, 1.54) is 16.6 Å². The highest BCUT2D eigenvalue weighted by Gasteiger charge is 2.39. The lowest BCUT2D eigenvalue weighted by atomic mass is 10.0. The van der Waals surface area contributed by atoms with E-state index in [2.05, 4.69) is 72.8 Å². The summed E-state index contributed by atoms with van der Waals surface area (Å²) >= 11 is 0. The van der Waals surface area contributed by atoms with Crippen molar-refractivity contribution in [3.8, 4) is 5.75 Å². The van der Waals surface area contributed by atoms with E-state index in [1.807, 2.05) is 50.5 Å². The smallest absolute Gasteiger partial charge is 0.435 e. The highest BCUT2D eigenvalue weighted by Crippen LogP contribution is 2.37. The van der Waals surface area contributed by atoms with E-state index in [4.69, 9.17) is 24.2 Å². The third-order valence-electron chi connectivity index (χ3n) is 15.0. The Morgan fingerprint density at radius 1 is 0.747 bits per heavy atom. The van der Waals surface area contributed by atoms with E-state index >= 15 is 0 Å². The number of hydrogen-bond donors (Lipinski definition) is 0. The fourth-order valence-corrected chi connectivity index (χ4v) is 11.7. The van der Waals surface area contributed by atoms with Gasteiger partial charge in [0.05, 0.1) is 39.5 Å². The van der Waals surface area contributed by atoms with Gasteiger partial charge < -0.3 is 28.9 Å². The Kier molecular flexibility index (Phi) is 17.7. The molecule has 3 atom stereocenters. The number of anilines is 1. The number of fused-ring (bicyclic) bond motifs is 1. The lowest BCUT2D eigenvalue weighted by molar-refractivity contribution is -0.0227. The second kappa shape index (κ2) is 23.8. The van der Waals surface area contributed by atoms with Crippen LogP contribution in [0.25, 0.3) is 10.9 Å². The maximum absolute atomic E-state index is 14.2. The van der Waals surface area contributed by atoms with E-state index in [-0.39, 0.29) is 53.8 Å². The molecule has 8 rings (SSSR count). The first-order chi connectivity index (χ1) is 37.2. The summed E-state index contributed by atoms with van der Waals surface area (Å²) in [6, 6.07) is 14.1. The second-order valence-electron chi connectivity index (χ2n) is 24.4. The standard InChI is InChI=1S/C58H82N12O8S/c1-39-33-67(26-25-66(39)36-45-37-69(54(72)77-56(5,6)7)40(2)34-68(45)35-43-18-15-14-16-19-43)53-59-31-44(32-60-53)52(71)65-23-21-64(22-24-65)20-17-27-76-50-30-48-46(28-51(50)79(74,75)58(11,12)13)47(61-38-62-48)29-49-41(3)42(4)63-70(49)55(73)78-57(8,9)10/h14-16,18-19,28,30-32,38-40,45H,17,20-27,29,33-37H2,1-13H3/t39-,40-,45+/m1/s1. The van der Waals surface area contributed by atoms with E-state index in [0.29, 0.717) is 85.2 Å². The first-order valence-electron chi connectivity index (χ1n) is 27.7. The van der Waals surface area contributed by atoms with Crippen LogP contribution < -0.4 is 9.64 Å². The Labute approximate surface area is 466 Å². The number of benzene rings is 2. The molecule has 3 saturated heterocycles. The van der Waals surface area contributed by atoms with Crippen LogP contribution in [0, 0.1) is 13.8 Å². The number of amides is 2. The molecule has 3 fully saturated rings. The van der Waals surface area contributed by atoms with Crippen LogP contribution in [0.3, 0.4) is 0 Å². The molecule has 0 bridgehead atoms. The second-order valence-corrected chi connectivity index (χ2v) is 27.1. The highest BCUT2D eigenvalue weighted by molar-refractivity contribution is 7.92. The van der Waals surface area contributed by atoms with Crippen molar-refractivity contribution in [2.45, 2.75) is 148 Å². The third-order valence-corrected chi connectivity index (χ3v) is 17.5. The van der Waals surface area contributed by atoms with Gasteiger partial charge in [0.1, 0.15) is 28.2 Å². The summed E-state index contributed by atoms with van der Waals surface area (Å²) in [4.78, 5) is 72.1. The van der Waals surface area contributed by atoms with Crippen LogP contribution in [-0.2, 0) is 32.3 Å². The Balaban J connectivity index is 0.840. The maximum Gasteiger partial charge on any atom is 0.435 e. The van der Waals surface area contributed by atoms with Crippen molar-refractivity contribution in [2.75, 3.05) is 83.5 Å². The monoisotopic (exact) mass is 1110 g/mol. The Morgan fingerprint density at radius 2 is 1.42 bits per heavy atom. The molecular formula is C58H82N12O8S. The zero-order valence-corrected chi connectivity index (χ0v) is 49.5. The largest absolute Gasteiger partial charge is 0.492 e. The van der Waals surface area contributed by atoms with Crippen molar-refractivity contribution in [1.29, 1.82) is 0 Å². The fraction of sp³-hybridized carbons (Fsp3) is 0.586. The normalized spacial score (nSPS) is 19.5. The molecule has 0 aliphatic carbocycles. The molecule has 20 nitrogen and oxygen atoms in total. The lowest BCUT2D eigenvalue weighted by Crippen LogP contribution is -2.63. The van der Waals surface area contributed by atoms with Gasteiger partial charge in [-0.15, -0.1) is 0 Å². The number of hydrogen-bond acceptors (Lipinski definition) is 17. The average Bonchev–Trinajstić information content (AvgIpc) is 3.82. The van der Waals surface area contributed by atoms with Gasteiger partial charge in [0, 0.05) is 127 Å².